The van der Waals surface area contributed by atoms with Gasteiger partial charge in [-0.15, -0.1) is 0 Å². The number of rotatable bonds is 1. The molecular formula is C8H15N3S. The van der Waals surface area contributed by atoms with E-state index >= 15 is 0 Å². The predicted molar refractivity (Wildman–Crippen MR) is 52.3 cm³/mol. The van der Waals surface area contributed by atoms with Gasteiger partial charge in [0.15, 0.2) is 5.11 Å². The Kier molecular flexibility index (Phi) is 2.19. The zero-order chi connectivity index (χ0) is 8.55. The number of hydrazine groups is 1. The molecule has 0 aromatic heterocycles. The van der Waals surface area contributed by atoms with Gasteiger partial charge in [-0.2, -0.15) is 0 Å². The Morgan fingerprint density at radius 3 is 2.67 bits per heavy atom. The third-order valence-electron chi connectivity index (χ3n) is 3.19. The molecule has 0 unspecified atom stereocenters. The van der Waals surface area contributed by atoms with Crippen LogP contribution in [-0.2, 0) is 0 Å². The molecule has 2 rings (SSSR count). The number of nitrogens with two attached hydrogens (primary N) is 1. The van der Waals surface area contributed by atoms with Crippen LogP contribution >= 0.6 is 12.2 Å². The molecule has 0 saturated heterocycles. The topological polar surface area (TPSA) is 50.1 Å². The summed E-state index contributed by atoms with van der Waals surface area (Å²) < 4.78 is 0. The summed E-state index contributed by atoms with van der Waals surface area (Å²) in [5.74, 6) is 6.99. The SMILES string of the molecule is NNC(=S)N[C@H]1C[C@@H]2CC[C@@H]1C2. The molecule has 3 atom stereocenters. The Labute approximate surface area is 78.1 Å². The molecule has 0 aromatic carbocycles. The molecule has 4 heteroatoms. The van der Waals surface area contributed by atoms with Crippen molar-refractivity contribution in [2.75, 3.05) is 0 Å². The van der Waals surface area contributed by atoms with Crippen LogP contribution in [0.2, 0.25) is 0 Å². The van der Waals surface area contributed by atoms with Gasteiger partial charge in [0.2, 0.25) is 0 Å². The fourth-order valence-corrected chi connectivity index (χ4v) is 2.78. The fraction of sp³-hybridized carbons (Fsp3) is 0.875. The van der Waals surface area contributed by atoms with E-state index in [2.05, 4.69) is 10.7 Å². The molecule has 2 bridgehead atoms. The van der Waals surface area contributed by atoms with Crippen molar-refractivity contribution in [3.05, 3.63) is 0 Å². The van der Waals surface area contributed by atoms with Crippen molar-refractivity contribution >= 4 is 17.3 Å². The first kappa shape index (κ1) is 8.26. The normalized spacial score (nSPS) is 38.2. The van der Waals surface area contributed by atoms with E-state index in [1.165, 1.54) is 25.7 Å². The highest BCUT2D eigenvalue weighted by molar-refractivity contribution is 7.80. The quantitative estimate of drug-likeness (QED) is 0.316. The Hall–Kier alpha value is -0.350. The Morgan fingerprint density at radius 2 is 2.17 bits per heavy atom. The van der Waals surface area contributed by atoms with E-state index in [0.29, 0.717) is 11.2 Å². The molecule has 2 fully saturated rings. The van der Waals surface area contributed by atoms with Gasteiger partial charge < -0.3 is 10.7 Å². The molecule has 2 aliphatic rings. The number of hydrogen-bond acceptors (Lipinski definition) is 2. The van der Waals surface area contributed by atoms with Gasteiger partial charge in [-0.3, -0.25) is 0 Å². The number of nitrogens with one attached hydrogen (secondary N) is 2. The van der Waals surface area contributed by atoms with Crippen LogP contribution in [0.3, 0.4) is 0 Å². The summed E-state index contributed by atoms with van der Waals surface area (Å²) in [4.78, 5) is 0. The minimum Gasteiger partial charge on any atom is -0.359 e. The van der Waals surface area contributed by atoms with E-state index < -0.39 is 0 Å². The van der Waals surface area contributed by atoms with E-state index in [1.807, 2.05) is 0 Å². The van der Waals surface area contributed by atoms with Crippen LogP contribution in [0.1, 0.15) is 25.7 Å². The van der Waals surface area contributed by atoms with E-state index in [1.54, 1.807) is 0 Å². The summed E-state index contributed by atoms with van der Waals surface area (Å²) in [6.45, 7) is 0. The summed E-state index contributed by atoms with van der Waals surface area (Å²) in [6, 6.07) is 0.590. The van der Waals surface area contributed by atoms with Crippen molar-refractivity contribution < 1.29 is 0 Å². The lowest BCUT2D eigenvalue weighted by Gasteiger charge is -2.23. The zero-order valence-corrected chi connectivity index (χ0v) is 7.86. The highest BCUT2D eigenvalue weighted by atomic mass is 32.1. The molecule has 0 heterocycles. The number of hydrogen-bond donors (Lipinski definition) is 3. The summed E-state index contributed by atoms with van der Waals surface area (Å²) >= 11 is 4.96. The van der Waals surface area contributed by atoms with Gasteiger partial charge in [0.1, 0.15) is 0 Å². The lowest BCUT2D eigenvalue weighted by Crippen LogP contribution is -2.46. The van der Waals surface area contributed by atoms with Gasteiger partial charge in [-0.25, -0.2) is 5.84 Å². The van der Waals surface area contributed by atoms with Crippen LogP contribution in [-0.4, -0.2) is 11.2 Å². The monoisotopic (exact) mass is 185 g/mol. The van der Waals surface area contributed by atoms with E-state index in [4.69, 9.17) is 18.1 Å². The molecule has 68 valence electrons. The van der Waals surface area contributed by atoms with Crippen molar-refractivity contribution in [1.29, 1.82) is 0 Å². The van der Waals surface area contributed by atoms with Gasteiger partial charge in [-0.05, 0) is 43.3 Å². The highest BCUT2D eigenvalue weighted by Gasteiger charge is 2.39. The van der Waals surface area contributed by atoms with Crippen molar-refractivity contribution in [3.63, 3.8) is 0 Å². The Balaban J connectivity index is 1.86. The maximum atomic E-state index is 5.19. The largest absolute Gasteiger partial charge is 0.359 e. The van der Waals surface area contributed by atoms with Crippen LogP contribution < -0.4 is 16.6 Å². The average Bonchev–Trinajstić information content (AvgIpc) is 2.64. The summed E-state index contributed by atoms with van der Waals surface area (Å²) in [7, 11) is 0. The van der Waals surface area contributed by atoms with E-state index in [-0.39, 0.29) is 0 Å². The minimum absolute atomic E-state index is 0.590. The number of thiocarbonyl (C=S) groups is 1. The van der Waals surface area contributed by atoms with Crippen molar-refractivity contribution in [3.8, 4) is 0 Å². The van der Waals surface area contributed by atoms with E-state index in [9.17, 15) is 0 Å². The van der Waals surface area contributed by atoms with Crippen LogP contribution in [0.5, 0.6) is 0 Å². The number of fused-ring (bicyclic) bond motifs is 2. The van der Waals surface area contributed by atoms with Gasteiger partial charge in [0, 0.05) is 6.04 Å². The molecule has 0 amide bonds. The van der Waals surface area contributed by atoms with Gasteiger partial charge in [0.25, 0.3) is 0 Å². The van der Waals surface area contributed by atoms with Gasteiger partial charge in [-0.1, -0.05) is 6.42 Å². The predicted octanol–water partition coefficient (Wildman–Crippen LogP) is 0.513. The molecular weight excluding hydrogens is 170 g/mol. The second kappa shape index (κ2) is 3.18. The van der Waals surface area contributed by atoms with Crippen molar-refractivity contribution in [1.82, 2.24) is 10.7 Å². The summed E-state index contributed by atoms with van der Waals surface area (Å²) in [5, 5.41) is 3.85. The minimum atomic E-state index is 0.590. The molecule has 0 aliphatic heterocycles. The molecule has 0 radical (unpaired) electrons. The molecule has 0 aromatic rings. The van der Waals surface area contributed by atoms with Crippen LogP contribution in [0.15, 0.2) is 0 Å². The molecule has 3 nitrogen and oxygen atoms in total. The third kappa shape index (κ3) is 1.41. The smallest absolute Gasteiger partial charge is 0.180 e. The summed E-state index contributed by atoms with van der Waals surface area (Å²) in [5.41, 5.74) is 2.47. The lowest BCUT2D eigenvalue weighted by molar-refractivity contribution is 0.389. The Morgan fingerprint density at radius 1 is 1.33 bits per heavy atom. The standard InChI is InChI=1S/C8H15N3S/c9-11-8(12)10-7-4-5-1-2-6(7)3-5/h5-7H,1-4,9H2,(H2,10,11,12)/t5-,6-,7+/m1/s1. The highest BCUT2D eigenvalue weighted by Crippen LogP contribution is 2.44. The zero-order valence-electron chi connectivity index (χ0n) is 7.05. The molecule has 4 N–H and O–H groups in total. The van der Waals surface area contributed by atoms with Gasteiger partial charge >= 0.3 is 0 Å². The molecule has 0 spiro atoms. The van der Waals surface area contributed by atoms with E-state index in [0.717, 1.165) is 11.8 Å². The first-order chi connectivity index (χ1) is 5.79. The summed E-state index contributed by atoms with van der Waals surface area (Å²) in [6.07, 6.45) is 5.47. The maximum Gasteiger partial charge on any atom is 0.180 e. The third-order valence-corrected chi connectivity index (χ3v) is 3.42. The first-order valence-corrected chi connectivity index (χ1v) is 4.97. The second-order valence-corrected chi connectivity index (χ2v) is 4.31. The lowest BCUT2D eigenvalue weighted by atomic mass is 9.96. The fourth-order valence-electron chi connectivity index (χ4n) is 2.63. The average molecular weight is 185 g/mol. The van der Waals surface area contributed by atoms with Gasteiger partial charge in [0.05, 0.1) is 0 Å². The van der Waals surface area contributed by atoms with Crippen LogP contribution in [0.25, 0.3) is 0 Å². The molecule has 12 heavy (non-hydrogen) atoms. The molecule has 2 saturated carbocycles. The maximum absolute atomic E-state index is 5.19. The first-order valence-electron chi connectivity index (χ1n) is 4.56. The van der Waals surface area contributed by atoms with Crippen LogP contribution in [0.4, 0.5) is 0 Å². The van der Waals surface area contributed by atoms with Crippen LogP contribution in [0, 0.1) is 11.8 Å². The second-order valence-electron chi connectivity index (χ2n) is 3.90. The molecule has 2 aliphatic carbocycles. The van der Waals surface area contributed by atoms with Crippen molar-refractivity contribution in [2.45, 2.75) is 31.7 Å². The Bertz CT molecular complexity index is 195. The van der Waals surface area contributed by atoms with Crippen molar-refractivity contribution in [2.24, 2.45) is 17.7 Å².